The summed E-state index contributed by atoms with van der Waals surface area (Å²) in [6.07, 6.45) is 0. The molecule has 3 rings (SSSR count). The Labute approximate surface area is 130 Å². The summed E-state index contributed by atoms with van der Waals surface area (Å²) in [6, 6.07) is 16.0. The molecule has 0 atom stereocenters. The van der Waals surface area contributed by atoms with Gasteiger partial charge in [0.05, 0.1) is 11.4 Å². The van der Waals surface area contributed by atoms with Crippen molar-refractivity contribution in [3.63, 3.8) is 0 Å². The third-order valence-corrected chi connectivity index (χ3v) is 3.82. The van der Waals surface area contributed by atoms with E-state index in [2.05, 4.69) is 30.5 Å². The van der Waals surface area contributed by atoms with Crippen LogP contribution in [0.4, 0.5) is 0 Å². The second-order valence-electron chi connectivity index (χ2n) is 6.15. The molecule has 3 aromatic rings. The maximum Gasteiger partial charge on any atom is 0.159 e. The van der Waals surface area contributed by atoms with Gasteiger partial charge in [0.25, 0.3) is 0 Å². The topological polar surface area (TPSA) is 43.0 Å². The van der Waals surface area contributed by atoms with Gasteiger partial charge in [-0.25, -0.2) is 4.68 Å². The Morgan fingerprint density at radius 2 is 1.55 bits per heavy atom. The molecular weight excluding hydrogens is 274 g/mol. The lowest BCUT2D eigenvalue weighted by Crippen LogP contribution is -2.20. The Kier molecular flexibility index (Phi) is 3.41. The molecule has 0 unspecified atom stereocenters. The number of nitrogens with zero attached hydrogens (tertiary/aromatic N) is 3. The molecule has 1 aromatic carbocycles. The lowest BCUT2D eigenvalue weighted by Gasteiger charge is -2.18. The quantitative estimate of drug-likeness (QED) is 0.803. The number of aromatic nitrogens is 3. The average molecular weight is 295 g/mol. The Balaban J connectivity index is 2.22. The van der Waals surface area contributed by atoms with Gasteiger partial charge < -0.3 is 9.67 Å². The van der Waals surface area contributed by atoms with Crippen molar-refractivity contribution in [2.75, 3.05) is 0 Å². The molecule has 4 heteroatoms. The molecule has 22 heavy (non-hydrogen) atoms. The van der Waals surface area contributed by atoms with Crippen LogP contribution in [0.15, 0.2) is 48.5 Å². The first-order chi connectivity index (χ1) is 10.4. The molecule has 0 aliphatic rings. The molecule has 0 saturated carbocycles. The molecule has 0 aliphatic carbocycles. The molecule has 0 amide bonds. The fourth-order valence-corrected chi connectivity index (χ4v) is 2.71. The number of aliphatic hydroxyl groups is 1. The normalized spacial score (nSPS) is 11.9. The SMILES string of the molecule is Cc1ccc(C)n1-c1cc(C(C)(C)O)n(-c2ccccc2)n1. The van der Waals surface area contributed by atoms with Crippen molar-refractivity contribution < 1.29 is 5.11 Å². The number of hydrogen-bond acceptors (Lipinski definition) is 2. The van der Waals surface area contributed by atoms with Crippen LogP contribution in [-0.2, 0) is 5.60 Å². The maximum absolute atomic E-state index is 10.5. The summed E-state index contributed by atoms with van der Waals surface area (Å²) in [5.74, 6) is 0.820. The van der Waals surface area contributed by atoms with Crippen LogP contribution in [0.25, 0.3) is 11.5 Å². The highest BCUT2D eigenvalue weighted by Crippen LogP contribution is 2.26. The Hall–Kier alpha value is -2.33. The first-order valence-electron chi connectivity index (χ1n) is 7.41. The second-order valence-corrected chi connectivity index (χ2v) is 6.15. The van der Waals surface area contributed by atoms with Gasteiger partial charge in [-0.1, -0.05) is 18.2 Å². The monoisotopic (exact) mass is 295 g/mol. The fraction of sp³-hybridized carbons (Fsp3) is 0.278. The lowest BCUT2D eigenvalue weighted by molar-refractivity contribution is 0.0711. The summed E-state index contributed by atoms with van der Waals surface area (Å²) in [5.41, 5.74) is 2.97. The Morgan fingerprint density at radius 3 is 2.09 bits per heavy atom. The molecular formula is C18H21N3O. The number of rotatable bonds is 3. The van der Waals surface area contributed by atoms with Gasteiger partial charge in [-0.3, -0.25) is 0 Å². The maximum atomic E-state index is 10.5. The third kappa shape index (κ3) is 2.46. The summed E-state index contributed by atoms with van der Waals surface area (Å²) in [6.45, 7) is 7.67. The van der Waals surface area contributed by atoms with E-state index in [1.807, 2.05) is 41.1 Å². The summed E-state index contributed by atoms with van der Waals surface area (Å²) in [4.78, 5) is 0. The van der Waals surface area contributed by atoms with Crippen molar-refractivity contribution in [1.82, 2.24) is 14.3 Å². The van der Waals surface area contributed by atoms with Crippen molar-refractivity contribution in [2.24, 2.45) is 0 Å². The first kappa shape index (κ1) is 14.6. The Bertz CT molecular complexity index is 772. The van der Waals surface area contributed by atoms with E-state index in [1.54, 1.807) is 13.8 Å². The van der Waals surface area contributed by atoms with E-state index in [4.69, 9.17) is 5.10 Å². The van der Waals surface area contributed by atoms with Crippen molar-refractivity contribution >= 4 is 0 Å². The van der Waals surface area contributed by atoms with Gasteiger partial charge in [0, 0.05) is 17.5 Å². The van der Waals surface area contributed by atoms with Gasteiger partial charge in [0.1, 0.15) is 5.60 Å². The van der Waals surface area contributed by atoms with Crippen LogP contribution >= 0.6 is 0 Å². The van der Waals surface area contributed by atoms with E-state index in [0.717, 1.165) is 28.6 Å². The molecule has 0 fully saturated rings. The Morgan fingerprint density at radius 1 is 0.955 bits per heavy atom. The van der Waals surface area contributed by atoms with Crippen molar-refractivity contribution in [3.8, 4) is 11.5 Å². The summed E-state index contributed by atoms with van der Waals surface area (Å²) >= 11 is 0. The summed E-state index contributed by atoms with van der Waals surface area (Å²) in [5, 5.41) is 15.2. The molecule has 2 aromatic heterocycles. The molecule has 4 nitrogen and oxygen atoms in total. The number of benzene rings is 1. The van der Waals surface area contributed by atoms with Gasteiger partial charge in [-0.05, 0) is 52.0 Å². The molecule has 114 valence electrons. The van der Waals surface area contributed by atoms with Crippen molar-refractivity contribution in [3.05, 3.63) is 65.6 Å². The highest BCUT2D eigenvalue weighted by Gasteiger charge is 2.24. The predicted octanol–water partition coefficient (Wildman–Crippen LogP) is 3.51. The zero-order chi connectivity index (χ0) is 15.9. The van der Waals surface area contributed by atoms with Crippen LogP contribution in [0.1, 0.15) is 30.9 Å². The average Bonchev–Trinajstić information content (AvgIpc) is 3.03. The minimum Gasteiger partial charge on any atom is -0.384 e. The van der Waals surface area contributed by atoms with E-state index in [0.29, 0.717) is 0 Å². The van der Waals surface area contributed by atoms with Crippen molar-refractivity contribution in [1.29, 1.82) is 0 Å². The van der Waals surface area contributed by atoms with E-state index < -0.39 is 5.60 Å². The van der Waals surface area contributed by atoms with Crippen LogP contribution in [0.2, 0.25) is 0 Å². The number of hydrogen-bond donors (Lipinski definition) is 1. The van der Waals surface area contributed by atoms with Crippen molar-refractivity contribution in [2.45, 2.75) is 33.3 Å². The second kappa shape index (κ2) is 5.14. The summed E-state index contributed by atoms with van der Waals surface area (Å²) in [7, 11) is 0. The van der Waals surface area contributed by atoms with Gasteiger partial charge >= 0.3 is 0 Å². The fourth-order valence-electron chi connectivity index (χ4n) is 2.71. The minimum atomic E-state index is -0.976. The van der Waals surface area contributed by atoms with Gasteiger partial charge in [-0.2, -0.15) is 0 Å². The van der Waals surface area contributed by atoms with E-state index in [9.17, 15) is 5.11 Å². The van der Waals surface area contributed by atoms with Crippen LogP contribution in [0, 0.1) is 13.8 Å². The number of para-hydroxylation sites is 1. The zero-order valence-corrected chi connectivity index (χ0v) is 13.4. The van der Waals surface area contributed by atoms with E-state index in [-0.39, 0.29) is 0 Å². The molecule has 0 spiro atoms. The zero-order valence-electron chi connectivity index (χ0n) is 13.4. The smallest absolute Gasteiger partial charge is 0.159 e. The molecule has 0 bridgehead atoms. The van der Waals surface area contributed by atoms with Gasteiger partial charge in [-0.15, -0.1) is 5.10 Å². The van der Waals surface area contributed by atoms with E-state index >= 15 is 0 Å². The highest BCUT2D eigenvalue weighted by molar-refractivity contribution is 5.40. The lowest BCUT2D eigenvalue weighted by atomic mass is 10.1. The summed E-state index contributed by atoms with van der Waals surface area (Å²) < 4.78 is 3.91. The predicted molar refractivity (Wildman–Crippen MR) is 87.6 cm³/mol. The number of aryl methyl sites for hydroxylation is 2. The molecule has 1 N–H and O–H groups in total. The van der Waals surface area contributed by atoms with E-state index in [1.165, 1.54) is 0 Å². The van der Waals surface area contributed by atoms with Crippen LogP contribution in [0.5, 0.6) is 0 Å². The molecule has 0 saturated heterocycles. The first-order valence-corrected chi connectivity index (χ1v) is 7.41. The third-order valence-electron chi connectivity index (χ3n) is 3.82. The molecule has 0 radical (unpaired) electrons. The van der Waals surface area contributed by atoms with Crippen LogP contribution < -0.4 is 0 Å². The largest absolute Gasteiger partial charge is 0.384 e. The standard InChI is InChI=1S/C18H21N3O/c1-13-10-11-14(2)20(13)17-12-16(18(3,4)22)21(19-17)15-8-6-5-7-9-15/h5-12,22H,1-4H3. The minimum absolute atomic E-state index is 0.765. The molecule has 0 aliphatic heterocycles. The van der Waals surface area contributed by atoms with Crippen LogP contribution in [-0.4, -0.2) is 19.5 Å². The van der Waals surface area contributed by atoms with Gasteiger partial charge in [0.2, 0.25) is 0 Å². The molecule has 2 heterocycles. The highest BCUT2D eigenvalue weighted by atomic mass is 16.3. The van der Waals surface area contributed by atoms with Crippen LogP contribution in [0.3, 0.4) is 0 Å². The van der Waals surface area contributed by atoms with Gasteiger partial charge in [0.15, 0.2) is 5.82 Å².